The lowest BCUT2D eigenvalue weighted by atomic mass is 10.1. The zero-order chi connectivity index (χ0) is 11.4. The van der Waals surface area contributed by atoms with Crippen LogP contribution in [0.5, 0.6) is 0 Å². The molecule has 84 valence electrons. The third-order valence-corrected chi connectivity index (χ3v) is 3.14. The van der Waals surface area contributed by atoms with Gasteiger partial charge in [-0.05, 0) is 54.8 Å². The van der Waals surface area contributed by atoms with Crippen LogP contribution in [0.3, 0.4) is 0 Å². The SMILES string of the molecule is C=Cc1cc(/C=C/N2CCCC2)ccc1C. The number of aryl methyl sites for hydroxylation is 1. The largest absolute Gasteiger partial charge is 0.377 e. The first-order valence-corrected chi connectivity index (χ1v) is 5.95. The molecule has 0 aromatic heterocycles. The Morgan fingerprint density at radius 1 is 1.25 bits per heavy atom. The molecule has 0 N–H and O–H groups in total. The summed E-state index contributed by atoms with van der Waals surface area (Å²) >= 11 is 0. The molecule has 0 atom stereocenters. The van der Waals surface area contributed by atoms with Crippen LogP contribution in [0.15, 0.2) is 31.0 Å². The second-order valence-electron chi connectivity index (χ2n) is 4.38. The summed E-state index contributed by atoms with van der Waals surface area (Å²) in [4.78, 5) is 2.38. The van der Waals surface area contributed by atoms with Crippen LogP contribution >= 0.6 is 0 Å². The second kappa shape index (κ2) is 5.02. The van der Waals surface area contributed by atoms with E-state index in [4.69, 9.17) is 0 Å². The van der Waals surface area contributed by atoms with Gasteiger partial charge in [0.15, 0.2) is 0 Å². The molecule has 1 heterocycles. The van der Waals surface area contributed by atoms with Crippen molar-refractivity contribution in [3.05, 3.63) is 47.7 Å². The lowest BCUT2D eigenvalue weighted by molar-refractivity contribution is 0.471. The molecule has 1 nitrogen and oxygen atoms in total. The van der Waals surface area contributed by atoms with E-state index in [0.717, 1.165) is 0 Å². The van der Waals surface area contributed by atoms with E-state index in [-0.39, 0.29) is 0 Å². The van der Waals surface area contributed by atoms with Gasteiger partial charge in [0, 0.05) is 13.1 Å². The van der Waals surface area contributed by atoms with Crippen molar-refractivity contribution in [2.75, 3.05) is 13.1 Å². The van der Waals surface area contributed by atoms with Crippen LogP contribution in [0, 0.1) is 6.92 Å². The highest BCUT2D eigenvalue weighted by Gasteiger charge is 2.05. The summed E-state index contributed by atoms with van der Waals surface area (Å²) in [5.74, 6) is 0. The summed E-state index contributed by atoms with van der Waals surface area (Å²) in [6.07, 6.45) is 8.98. The van der Waals surface area contributed by atoms with Crippen LogP contribution in [-0.2, 0) is 0 Å². The van der Waals surface area contributed by atoms with Crippen molar-refractivity contribution in [2.45, 2.75) is 19.8 Å². The maximum atomic E-state index is 3.84. The van der Waals surface area contributed by atoms with E-state index in [1.165, 1.54) is 42.6 Å². The van der Waals surface area contributed by atoms with Gasteiger partial charge in [-0.15, -0.1) is 0 Å². The van der Waals surface area contributed by atoms with Gasteiger partial charge in [0.05, 0.1) is 0 Å². The van der Waals surface area contributed by atoms with Crippen molar-refractivity contribution in [1.29, 1.82) is 0 Å². The fourth-order valence-electron chi connectivity index (χ4n) is 2.06. The van der Waals surface area contributed by atoms with Crippen LogP contribution in [0.25, 0.3) is 12.2 Å². The van der Waals surface area contributed by atoms with E-state index in [9.17, 15) is 0 Å². The molecule has 0 spiro atoms. The predicted octanol–water partition coefficient (Wildman–Crippen LogP) is 3.70. The number of hydrogen-bond donors (Lipinski definition) is 0. The van der Waals surface area contributed by atoms with E-state index < -0.39 is 0 Å². The van der Waals surface area contributed by atoms with Gasteiger partial charge in [0.25, 0.3) is 0 Å². The molecule has 0 bridgehead atoms. The highest BCUT2D eigenvalue weighted by atomic mass is 15.1. The van der Waals surface area contributed by atoms with Crippen LogP contribution in [-0.4, -0.2) is 18.0 Å². The first-order chi connectivity index (χ1) is 7.79. The summed E-state index contributed by atoms with van der Waals surface area (Å²) in [5.41, 5.74) is 3.77. The Bertz CT molecular complexity index is 398. The average Bonchev–Trinajstić information content (AvgIpc) is 2.81. The third-order valence-electron chi connectivity index (χ3n) is 3.14. The highest BCUT2D eigenvalue weighted by Crippen LogP contribution is 2.15. The molecule has 0 amide bonds. The lowest BCUT2D eigenvalue weighted by Gasteiger charge is -2.10. The van der Waals surface area contributed by atoms with Crippen molar-refractivity contribution in [1.82, 2.24) is 4.90 Å². The van der Waals surface area contributed by atoms with Crippen molar-refractivity contribution in [2.24, 2.45) is 0 Å². The minimum atomic E-state index is 1.21. The summed E-state index contributed by atoms with van der Waals surface area (Å²) in [7, 11) is 0. The minimum absolute atomic E-state index is 1.21. The molecule has 1 aromatic carbocycles. The zero-order valence-electron chi connectivity index (χ0n) is 9.95. The Kier molecular flexibility index (Phi) is 3.45. The molecule has 0 unspecified atom stereocenters. The molecule has 2 rings (SSSR count). The molecular formula is C15H19N. The number of hydrogen-bond acceptors (Lipinski definition) is 1. The monoisotopic (exact) mass is 213 g/mol. The maximum Gasteiger partial charge on any atom is 0.0173 e. The Morgan fingerprint density at radius 2 is 2.00 bits per heavy atom. The standard InChI is InChI=1S/C15H19N/c1-3-15-12-14(7-6-13(15)2)8-11-16-9-4-5-10-16/h3,6-8,11-12H,1,4-5,9-10H2,2H3/b11-8+. The topological polar surface area (TPSA) is 3.24 Å². The van der Waals surface area contributed by atoms with Gasteiger partial charge in [-0.3, -0.25) is 0 Å². The van der Waals surface area contributed by atoms with Crippen LogP contribution in [0.4, 0.5) is 0 Å². The summed E-state index contributed by atoms with van der Waals surface area (Å²) in [6.45, 7) is 8.36. The fraction of sp³-hybridized carbons (Fsp3) is 0.333. The Balaban J connectivity index is 2.11. The molecular weight excluding hydrogens is 194 g/mol. The zero-order valence-corrected chi connectivity index (χ0v) is 9.95. The maximum absolute atomic E-state index is 3.84. The average molecular weight is 213 g/mol. The van der Waals surface area contributed by atoms with Crippen LogP contribution in [0.2, 0.25) is 0 Å². The van der Waals surface area contributed by atoms with Gasteiger partial charge in [0.1, 0.15) is 0 Å². The fourth-order valence-corrected chi connectivity index (χ4v) is 2.06. The Labute approximate surface area is 98.1 Å². The molecule has 1 fully saturated rings. The number of likely N-dealkylation sites (tertiary alicyclic amines) is 1. The normalized spacial score (nSPS) is 15.9. The van der Waals surface area contributed by atoms with Crippen LogP contribution in [0.1, 0.15) is 29.5 Å². The van der Waals surface area contributed by atoms with Crippen molar-refractivity contribution in [3.63, 3.8) is 0 Å². The van der Waals surface area contributed by atoms with E-state index in [1.807, 2.05) is 6.08 Å². The molecule has 16 heavy (non-hydrogen) atoms. The molecule has 1 heteroatoms. The van der Waals surface area contributed by atoms with Gasteiger partial charge in [-0.1, -0.05) is 24.8 Å². The van der Waals surface area contributed by atoms with Gasteiger partial charge in [0.2, 0.25) is 0 Å². The van der Waals surface area contributed by atoms with Crippen LogP contribution < -0.4 is 0 Å². The number of nitrogens with zero attached hydrogens (tertiary/aromatic N) is 1. The molecule has 1 aliphatic heterocycles. The van der Waals surface area contributed by atoms with E-state index >= 15 is 0 Å². The number of rotatable bonds is 3. The van der Waals surface area contributed by atoms with Crippen molar-refractivity contribution in [3.8, 4) is 0 Å². The summed E-state index contributed by atoms with van der Waals surface area (Å²) in [6, 6.07) is 6.50. The number of benzene rings is 1. The summed E-state index contributed by atoms with van der Waals surface area (Å²) < 4.78 is 0. The molecule has 1 aliphatic rings. The summed E-state index contributed by atoms with van der Waals surface area (Å²) in [5, 5.41) is 0. The van der Waals surface area contributed by atoms with Crippen molar-refractivity contribution >= 4 is 12.2 Å². The Morgan fingerprint density at radius 3 is 2.69 bits per heavy atom. The smallest absolute Gasteiger partial charge is 0.0173 e. The van der Waals surface area contributed by atoms with E-state index in [1.54, 1.807) is 0 Å². The first kappa shape index (κ1) is 11.0. The first-order valence-electron chi connectivity index (χ1n) is 5.95. The van der Waals surface area contributed by atoms with Gasteiger partial charge in [-0.2, -0.15) is 0 Å². The van der Waals surface area contributed by atoms with E-state index in [2.05, 4.69) is 48.9 Å². The molecule has 1 aromatic rings. The second-order valence-corrected chi connectivity index (χ2v) is 4.38. The molecule has 0 radical (unpaired) electrons. The van der Waals surface area contributed by atoms with Gasteiger partial charge < -0.3 is 4.90 Å². The van der Waals surface area contributed by atoms with Gasteiger partial charge in [-0.25, -0.2) is 0 Å². The third kappa shape index (κ3) is 2.54. The molecule has 0 saturated carbocycles. The van der Waals surface area contributed by atoms with Crippen molar-refractivity contribution < 1.29 is 0 Å². The van der Waals surface area contributed by atoms with E-state index in [0.29, 0.717) is 0 Å². The molecule has 0 aliphatic carbocycles. The predicted molar refractivity (Wildman–Crippen MR) is 71.1 cm³/mol. The lowest BCUT2D eigenvalue weighted by Crippen LogP contribution is -2.09. The Hall–Kier alpha value is -1.50. The van der Waals surface area contributed by atoms with Gasteiger partial charge >= 0.3 is 0 Å². The minimum Gasteiger partial charge on any atom is -0.377 e. The highest BCUT2D eigenvalue weighted by molar-refractivity contribution is 5.59. The quantitative estimate of drug-likeness (QED) is 0.740. The molecule has 1 saturated heterocycles.